The minimum atomic E-state index is -3.60. The molecule has 3 heterocycles. The summed E-state index contributed by atoms with van der Waals surface area (Å²) in [6.07, 6.45) is 6.60. The first-order chi connectivity index (χ1) is 16.3. The normalized spacial score (nSPS) is 18.4. The number of benzene rings is 1. The molecule has 2 fully saturated rings. The highest BCUT2D eigenvalue weighted by molar-refractivity contribution is 7.89. The van der Waals surface area contributed by atoms with E-state index in [4.69, 9.17) is 9.15 Å². The van der Waals surface area contributed by atoms with Crippen LogP contribution in [0.5, 0.6) is 5.75 Å². The summed E-state index contributed by atoms with van der Waals surface area (Å²) in [5.41, 5.74) is -0.0841. The first-order valence-electron chi connectivity index (χ1n) is 11.2. The number of hydrogen-bond acceptors (Lipinski definition) is 6. The van der Waals surface area contributed by atoms with Crippen LogP contribution in [0.25, 0.3) is 6.08 Å². The van der Waals surface area contributed by atoms with Crippen molar-refractivity contribution >= 4 is 27.9 Å². The van der Waals surface area contributed by atoms with Gasteiger partial charge in [-0.25, -0.2) is 8.42 Å². The van der Waals surface area contributed by atoms with Crippen LogP contribution in [0.15, 0.2) is 58.1 Å². The number of methoxy groups -OCH3 is 1. The first-order valence-corrected chi connectivity index (χ1v) is 12.7. The molecule has 1 spiro atoms. The van der Waals surface area contributed by atoms with Gasteiger partial charge in [0.2, 0.25) is 21.8 Å². The molecule has 2 saturated heterocycles. The van der Waals surface area contributed by atoms with E-state index in [9.17, 15) is 18.0 Å². The van der Waals surface area contributed by atoms with Crippen LogP contribution in [0.3, 0.4) is 0 Å². The van der Waals surface area contributed by atoms with Crippen molar-refractivity contribution < 1.29 is 27.2 Å². The van der Waals surface area contributed by atoms with Crippen molar-refractivity contribution in [2.24, 2.45) is 5.41 Å². The largest absolute Gasteiger partial charge is 0.497 e. The molecule has 9 nitrogen and oxygen atoms in total. The Morgan fingerprint density at radius 1 is 1.15 bits per heavy atom. The maximum atomic E-state index is 13.1. The topological polar surface area (TPSA) is 109 Å². The van der Waals surface area contributed by atoms with Gasteiger partial charge in [-0.05, 0) is 55.0 Å². The van der Waals surface area contributed by atoms with Crippen LogP contribution in [0.1, 0.15) is 25.0 Å². The molecule has 2 amide bonds. The molecular formula is C24H29N3O6S. The highest BCUT2D eigenvalue weighted by Gasteiger charge is 2.44. The fourth-order valence-electron chi connectivity index (χ4n) is 4.55. The highest BCUT2D eigenvalue weighted by Crippen LogP contribution is 2.41. The van der Waals surface area contributed by atoms with Crippen LogP contribution in [0.2, 0.25) is 0 Å². The van der Waals surface area contributed by atoms with Crippen LogP contribution < -0.4 is 10.1 Å². The third-order valence-corrected chi connectivity index (χ3v) is 8.50. The molecule has 1 aromatic carbocycles. The molecule has 10 heteroatoms. The maximum absolute atomic E-state index is 13.1. The molecule has 1 aromatic heterocycles. The summed E-state index contributed by atoms with van der Waals surface area (Å²) in [4.78, 5) is 26.6. The zero-order valence-electron chi connectivity index (χ0n) is 19.1. The van der Waals surface area contributed by atoms with Gasteiger partial charge in [-0.3, -0.25) is 9.59 Å². The average molecular weight is 488 g/mol. The molecule has 2 aliphatic rings. The molecule has 182 valence electrons. The van der Waals surface area contributed by atoms with Crippen LogP contribution in [0.4, 0.5) is 0 Å². The average Bonchev–Trinajstić information content (AvgIpc) is 3.52. The van der Waals surface area contributed by atoms with Gasteiger partial charge < -0.3 is 19.4 Å². The van der Waals surface area contributed by atoms with Gasteiger partial charge in [-0.1, -0.05) is 6.07 Å². The number of hydrogen-bond donors (Lipinski definition) is 1. The number of carbonyl (C=O) groups is 2. The molecule has 0 atom stereocenters. The number of carbonyl (C=O) groups excluding carboxylic acids is 2. The summed E-state index contributed by atoms with van der Waals surface area (Å²) in [6.45, 7) is 1.94. The van der Waals surface area contributed by atoms with Crippen LogP contribution in [-0.2, 0) is 19.6 Å². The Morgan fingerprint density at radius 2 is 1.91 bits per heavy atom. The second kappa shape index (κ2) is 10.0. The lowest BCUT2D eigenvalue weighted by Crippen LogP contribution is -2.45. The summed E-state index contributed by atoms with van der Waals surface area (Å²) in [5.74, 6) is 0.559. The molecule has 0 unspecified atom stereocenters. The van der Waals surface area contributed by atoms with Crippen molar-refractivity contribution in [3.63, 3.8) is 0 Å². The number of ether oxygens (including phenoxy) is 1. The van der Waals surface area contributed by atoms with E-state index >= 15 is 0 Å². The van der Waals surface area contributed by atoms with Crippen molar-refractivity contribution in [1.29, 1.82) is 0 Å². The summed E-state index contributed by atoms with van der Waals surface area (Å²) in [6, 6.07) is 9.95. The van der Waals surface area contributed by atoms with Gasteiger partial charge in [-0.15, -0.1) is 0 Å². The van der Waals surface area contributed by atoms with E-state index in [1.165, 1.54) is 35.9 Å². The Balaban J connectivity index is 1.28. The van der Waals surface area contributed by atoms with E-state index in [0.29, 0.717) is 50.5 Å². The number of likely N-dealkylation sites (tertiary alicyclic amines) is 1. The monoisotopic (exact) mass is 487 g/mol. The number of nitrogens with zero attached hydrogens (tertiary/aromatic N) is 2. The minimum absolute atomic E-state index is 0.0756. The van der Waals surface area contributed by atoms with E-state index < -0.39 is 10.0 Å². The van der Waals surface area contributed by atoms with Gasteiger partial charge >= 0.3 is 0 Å². The van der Waals surface area contributed by atoms with Crippen molar-refractivity contribution in [3.05, 3.63) is 54.5 Å². The van der Waals surface area contributed by atoms with Crippen LogP contribution >= 0.6 is 0 Å². The number of piperidine rings is 1. The predicted molar refractivity (Wildman–Crippen MR) is 125 cm³/mol. The Morgan fingerprint density at radius 3 is 2.62 bits per heavy atom. The van der Waals surface area contributed by atoms with Crippen molar-refractivity contribution in [3.8, 4) is 5.75 Å². The number of nitrogens with one attached hydrogen (secondary N) is 1. The van der Waals surface area contributed by atoms with Crippen LogP contribution in [0, 0.1) is 5.41 Å². The third kappa shape index (κ3) is 5.34. The number of furan rings is 1. The number of amides is 2. The summed E-state index contributed by atoms with van der Waals surface area (Å²) in [7, 11) is -2.09. The van der Waals surface area contributed by atoms with Gasteiger partial charge in [0.25, 0.3) is 0 Å². The lowest BCUT2D eigenvalue weighted by Gasteiger charge is -2.38. The van der Waals surface area contributed by atoms with Crippen molar-refractivity contribution in [2.45, 2.75) is 24.2 Å². The third-order valence-electron chi connectivity index (χ3n) is 6.61. The molecule has 2 aliphatic heterocycles. The molecule has 0 saturated carbocycles. The van der Waals surface area contributed by atoms with Gasteiger partial charge in [0.1, 0.15) is 11.5 Å². The van der Waals surface area contributed by atoms with E-state index in [2.05, 4.69) is 5.32 Å². The second-order valence-electron chi connectivity index (χ2n) is 8.71. The summed E-state index contributed by atoms with van der Waals surface area (Å²) < 4.78 is 37.9. The summed E-state index contributed by atoms with van der Waals surface area (Å²) >= 11 is 0. The Bertz CT molecular complexity index is 1150. The van der Waals surface area contributed by atoms with Gasteiger partial charge in [0.15, 0.2) is 0 Å². The Labute approximate surface area is 199 Å². The molecule has 0 radical (unpaired) electrons. The molecule has 1 N–H and O–H groups in total. The zero-order chi connectivity index (χ0) is 24.2. The summed E-state index contributed by atoms with van der Waals surface area (Å²) in [5, 5.41) is 2.61. The van der Waals surface area contributed by atoms with Gasteiger partial charge in [-0.2, -0.15) is 4.31 Å². The predicted octanol–water partition coefficient (Wildman–Crippen LogP) is 2.12. The molecule has 2 aromatic rings. The fraction of sp³-hybridized carbons (Fsp3) is 0.417. The van der Waals surface area contributed by atoms with Crippen molar-refractivity contribution in [2.75, 3.05) is 39.8 Å². The second-order valence-corrected chi connectivity index (χ2v) is 10.7. The van der Waals surface area contributed by atoms with E-state index in [-0.39, 0.29) is 28.7 Å². The molecule has 4 rings (SSSR count). The lowest BCUT2D eigenvalue weighted by atomic mass is 9.78. The lowest BCUT2D eigenvalue weighted by molar-refractivity contribution is -0.131. The molecule has 0 aliphatic carbocycles. The quantitative estimate of drug-likeness (QED) is 0.600. The Hall–Kier alpha value is -3.11. The molecule has 34 heavy (non-hydrogen) atoms. The van der Waals surface area contributed by atoms with Crippen molar-refractivity contribution in [1.82, 2.24) is 14.5 Å². The van der Waals surface area contributed by atoms with E-state index in [1.807, 2.05) is 0 Å². The molecular weight excluding hydrogens is 458 g/mol. The molecule has 0 bridgehead atoms. The Kier molecular flexibility index (Phi) is 7.08. The smallest absolute Gasteiger partial charge is 0.244 e. The fourth-order valence-corrected chi connectivity index (χ4v) is 6.02. The van der Waals surface area contributed by atoms with E-state index in [0.717, 1.165) is 6.42 Å². The van der Waals surface area contributed by atoms with Gasteiger partial charge in [0.05, 0.1) is 24.8 Å². The highest BCUT2D eigenvalue weighted by atomic mass is 32.2. The zero-order valence-corrected chi connectivity index (χ0v) is 19.9. The van der Waals surface area contributed by atoms with Crippen LogP contribution in [-0.4, -0.2) is 69.3 Å². The standard InChI is InChI=1S/C24H29N3O6S/c1-32-20-4-2-6-21(16-20)34(30,31)27-13-10-24(11-14-27)9-12-26(18-24)23(29)17-25-22(28)8-7-19-5-3-15-33-19/h2-8,15-16H,9-14,17-18H2,1H3,(H,25,28)/b8-7-. The van der Waals surface area contributed by atoms with Gasteiger partial charge in [0, 0.05) is 38.3 Å². The van der Waals surface area contributed by atoms with E-state index in [1.54, 1.807) is 35.2 Å². The minimum Gasteiger partial charge on any atom is -0.497 e. The first kappa shape index (κ1) is 24.0. The SMILES string of the molecule is COc1cccc(S(=O)(=O)N2CCC3(CCN(C(=O)CNC(=O)/C=C\c4ccco4)C3)CC2)c1. The number of sulfonamides is 1. The maximum Gasteiger partial charge on any atom is 0.244 e. The number of rotatable bonds is 7.